The highest BCUT2D eigenvalue weighted by molar-refractivity contribution is 9.10. The highest BCUT2D eigenvalue weighted by Crippen LogP contribution is 2.32. The SMILES string of the molecule is CC(=O)c1cc2cc(Br)ccc2n1-c1ccccc1.c1cc2cc-2c1. The fourth-order valence-electron chi connectivity index (χ4n) is 2.98. The average molecular weight is 390 g/mol. The average Bonchev–Trinajstić information content (AvgIpc) is 3.05. The van der Waals surface area contributed by atoms with E-state index in [4.69, 9.17) is 0 Å². The van der Waals surface area contributed by atoms with Gasteiger partial charge < -0.3 is 4.57 Å². The van der Waals surface area contributed by atoms with E-state index in [1.807, 2.05) is 59.2 Å². The summed E-state index contributed by atoms with van der Waals surface area (Å²) in [5.74, 6) is 0.0659. The summed E-state index contributed by atoms with van der Waals surface area (Å²) in [5, 5.41) is 1.06. The molecule has 0 fully saturated rings. The highest BCUT2D eigenvalue weighted by Gasteiger charge is 2.13. The normalized spacial score (nSPS) is 11.0. The van der Waals surface area contributed by atoms with Crippen LogP contribution in [0.3, 0.4) is 0 Å². The molecule has 0 saturated carbocycles. The fourth-order valence-corrected chi connectivity index (χ4v) is 3.35. The Bertz CT molecular complexity index is 1060. The zero-order chi connectivity index (χ0) is 17.4. The number of carbonyl (C=O) groups excluding carboxylic acids is 1. The molecule has 1 aromatic heterocycles. The van der Waals surface area contributed by atoms with Crippen LogP contribution in [0.2, 0.25) is 0 Å². The van der Waals surface area contributed by atoms with E-state index in [0.29, 0.717) is 5.69 Å². The molecule has 0 atom stereocenters. The van der Waals surface area contributed by atoms with Gasteiger partial charge in [-0.05, 0) is 53.6 Å². The van der Waals surface area contributed by atoms with Crippen molar-refractivity contribution in [2.45, 2.75) is 6.92 Å². The van der Waals surface area contributed by atoms with E-state index in [9.17, 15) is 4.79 Å². The molecule has 0 saturated heterocycles. The van der Waals surface area contributed by atoms with Gasteiger partial charge >= 0.3 is 0 Å². The summed E-state index contributed by atoms with van der Waals surface area (Å²) in [7, 11) is 0. The molecule has 0 N–H and O–H groups in total. The van der Waals surface area contributed by atoms with Gasteiger partial charge in [0, 0.05) is 22.5 Å². The summed E-state index contributed by atoms with van der Waals surface area (Å²) in [6.45, 7) is 1.60. The molecule has 3 heteroatoms. The predicted octanol–water partition coefficient (Wildman–Crippen LogP) is 6.26. The number of Topliss-reactive ketones (excluding diaryl/α,β-unsaturated/α-hetero) is 1. The second kappa shape index (κ2) is 6.34. The second-order valence-corrected chi connectivity index (χ2v) is 6.96. The quantitative estimate of drug-likeness (QED) is 0.326. The van der Waals surface area contributed by atoms with Crippen LogP contribution in [-0.4, -0.2) is 10.4 Å². The van der Waals surface area contributed by atoms with Crippen LogP contribution in [0.25, 0.3) is 27.7 Å². The molecule has 2 nitrogen and oxygen atoms in total. The molecule has 0 bridgehead atoms. The van der Waals surface area contributed by atoms with Crippen LogP contribution in [0, 0.1) is 0 Å². The first-order chi connectivity index (χ1) is 12.1. The van der Waals surface area contributed by atoms with Crippen LogP contribution in [0.15, 0.2) is 83.3 Å². The topological polar surface area (TPSA) is 22.0 Å². The lowest BCUT2D eigenvalue weighted by atomic mass is 10.2. The van der Waals surface area contributed by atoms with Gasteiger partial charge in [0.2, 0.25) is 0 Å². The lowest BCUT2D eigenvalue weighted by Crippen LogP contribution is -2.03. The van der Waals surface area contributed by atoms with E-state index in [1.165, 1.54) is 11.1 Å². The molecule has 2 aliphatic carbocycles. The first-order valence-corrected chi connectivity index (χ1v) is 8.90. The molecule has 1 heterocycles. The van der Waals surface area contributed by atoms with Gasteiger partial charge in [0.15, 0.2) is 5.78 Å². The Morgan fingerprint density at radius 3 is 2.12 bits per heavy atom. The number of hydrogen-bond donors (Lipinski definition) is 0. The summed E-state index contributed by atoms with van der Waals surface area (Å²) in [4.78, 5) is 11.9. The van der Waals surface area contributed by atoms with Crippen LogP contribution in [-0.2, 0) is 0 Å². The van der Waals surface area contributed by atoms with E-state index in [-0.39, 0.29) is 5.78 Å². The van der Waals surface area contributed by atoms with Crippen molar-refractivity contribution in [3.8, 4) is 16.8 Å². The number of nitrogens with zero attached hydrogens (tertiary/aromatic N) is 1. The molecule has 2 aliphatic rings. The van der Waals surface area contributed by atoms with E-state index < -0.39 is 0 Å². The second-order valence-electron chi connectivity index (χ2n) is 6.04. The van der Waals surface area contributed by atoms with E-state index in [2.05, 4.69) is 40.2 Å². The number of hydrogen-bond acceptors (Lipinski definition) is 1. The lowest BCUT2D eigenvalue weighted by Gasteiger charge is -2.08. The highest BCUT2D eigenvalue weighted by atomic mass is 79.9. The first-order valence-electron chi connectivity index (χ1n) is 8.11. The molecule has 0 unspecified atom stereocenters. The minimum atomic E-state index is 0.0659. The molecule has 2 aromatic carbocycles. The number of fused-ring (bicyclic) bond motifs is 2. The molecule has 0 amide bonds. The Morgan fingerprint density at radius 2 is 1.56 bits per heavy atom. The monoisotopic (exact) mass is 389 g/mol. The molecule has 0 radical (unpaired) electrons. The van der Waals surface area contributed by atoms with Crippen molar-refractivity contribution in [2.75, 3.05) is 0 Å². The maximum atomic E-state index is 11.9. The van der Waals surface area contributed by atoms with Crippen LogP contribution in [0.5, 0.6) is 0 Å². The smallest absolute Gasteiger partial charge is 0.176 e. The maximum Gasteiger partial charge on any atom is 0.176 e. The molecule has 25 heavy (non-hydrogen) atoms. The zero-order valence-corrected chi connectivity index (χ0v) is 15.3. The molecular weight excluding hydrogens is 374 g/mol. The van der Waals surface area contributed by atoms with Crippen molar-refractivity contribution in [2.24, 2.45) is 0 Å². The van der Waals surface area contributed by atoms with Crippen LogP contribution in [0.1, 0.15) is 17.4 Å². The Morgan fingerprint density at radius 1 is 0.840 bits per heavy atom. The van der Waals surface area contributed by atoms with Gasteiger partial charge in [-0.3, -0.25) is 4.79 Å². The number of benzene rings is 3. The van der Waals surface area contributed by atoms with E-state index in [1.54, 1.807) is 6.92 Å². The van der Waals surface area contributed by atoms with Gasteiger partial charge in [-0.15, -0.1) is 0 Å². The third-order valence-electron chi connectivity index (χ3n) is 4.25. The predicted molar refractivity (Wildman–Crippen MR) is 106 cm³/mol. The number of rotatable bonds is 2. The molecule has 3 aromatic rings. The van der Waals surface area contributed by atoms with Crippen LogP contribution < -0.4 is 0 Å². The molecule has 0 aliphatic heterocycles. The van der Waals surface area contributed by atoms with Crippen molar-refractivity contribution in [3.63, 3.8) is 0 Å². The minimum absolute atomic E-state index is 0.0659. The number of para-hydroxylation sites is 1. The Balaban J connectivity index is 0.000000217. The van der Waals surface area contributed by atoms with Crippen molar-refractivity contribution in [1.29, 1.82) is 0 Å². The molecule has 122 valence electrons. The number of aromatic nitrogens is 1. The summed E-state index contributed by atoms with van der Waals surface area (Å²) in [6.07, 6.45) is 0. The first kappa shape index (κ1) is 15.9. The number of carbonyl (C=O) groups is 1. The zero-order valence-electron chi connectivity index (χ0n) is 13.7. The van der Waals surface area contributed by atoms with Gasteiger partial charge in [-0.25, -0.2) is 0 Å². The number of ketones is 1. The summed E-state index contributed by atoms with van der Waals surface area (Å²) in [5.41, 5.74) is 5.61. The molecule has 5 rings (SSSR count). The van der Waals surface area contributed by atoms with Crippen molar-refractivity contribution < 1.29 is 4.79 Å². The van der Waals surface area contributed by atoms with Gasteiger partial charge in [0.25, 0.3) is 0 Å². The van der Waals surface area contributed by atoms with Crippen LogP contribution in [0.4, 0.5) is 0 Å². The van der Waals surface area contributed by atoms with Gasteiger partial charge in [-0.2, -0.15) is 0 Å². The largest absolute Gasteiger partial charge is 0.307 e. The summed E-state index contributed by atoms with van der Waals surface area (Å²) in [6, 6.07) is 26.4. The Labute approximate surface area is 154 Å². The van der Waals surface area contributed by atoms with Gasteiger partial charge in [0.1, 0.15) is 0 Å². The summed E-state index contributed by atoms with van der Waals surface area (Å²) >= 11 is 3.47. The van der Waals surface area contributed by atoms with Gasteiger partial charge in [-0.1, -0.05) is 52.3 Å². The minimum Gasteiger partial charge on any atom is -0.307 e. The van der Waals surface area contributed by atoms with Crippen molar-refractivity contribution in [1.82, 2.24) is 4.57 Å². The number of halogens is 1. The van der Waals surface area contributed by atoms with E-state index in [0.717, 1.165) is 21.1 Å². The molecule has 0 spiro atoms. The van der Waals surface area contributed by atoms with Crippen LogP contribution >= 0.6 is 15.9 Å². The Hall–Kier alpha value is -2.65. The van der Waals surface area contributed by atoms with Crippen molar-refractivity contribution >= 4 is 32.6 Å². The molecular formula is C22H16BrNO. The third kappa shape index (κ3) is 3.15. The summed E-state index contributed by atoms with van der Waals surface area (Å²) < 4.78 is 3.02. The lowest BCUT2D eigenvalue weighted by molar-refractivity contribution is 0.101. The fraction of sp³-hybridized carbons (Fsp3) is 0.0455. The Kier molecular flexibility index (Phi) is 4.02. The van der Waals surface area contributed by atoms with Crippen molar-refractivity contribution in [3.05, 3.63) is 89.0 Å². The van der Waals surface area contributed by atoms with Gasteiger partial charge in [0.05, 0.1) is 11.2 Å². The maximum absolute atomic E-state index is 11.9. The van der Waals surface area contributed by atoms with E-state index >= 15 is 0 Å². The third-order valence-corrected chi connectivity index (χ3v) is 4.74. The standard InChI is InChI=1S/C16H12BrNO.C6H4/c1-11(19)16-10-12-9-13(17)7-8-15(12)18(16)14-5-3-2-4-6-14;1-2-5-4-6(5)3-1/h2-10H,1H3;1-4H.